The molecule has 4 nitrogen and oxygen atoms in total. The Kier molecular flexibility index (Phi) is 6.33. The highest BCUT2D eigenvalue weighted by molar-refractivity contribution is 14.0. The monoisotopic (exact) mass is 378 g/mol. The third kappa shape index (κ3) is 3.71. The van der Waals surface area contributed by atoms with Crippen molar-refractivity contribution in [2.75, 3.05) is 45.2 Å². The molecule has 0 saturated carbocycles. The van der Waals surface area contributed by atoms with Gasteiger partial charge < -0.3 is 15.1 Å². The van der Waals surface area contributed by atoms with Crippen molar-refractivity contribution in [2.45, 2.75) is 0 Å². The van der Waals surface area contributed by atoms with E-state index in [9.17, 15) is 4.39 Å². The van der Waals surface area contributed by atoms with Crippen LogP contribution < -0.4 is 10.2 Å². The molecular weight excluding hydrogens is 358 g/mol. The van der Waals surface area contributed by atoms with Gasteiger partial charge in [0.2, 0.25) is 0 Å². The van der Waals surface area contributed by atoms with Crippen molar-refractivity contribution in [3.05, 3.63) is 30.1 Å². The summed E-state index contributed by atoms with van der Waals surface area (Å²) in [4.78, 5) is 8.44. The largest absolute Gasteiger partial charge is 0.366 e. The quantitative estimate of drug-likeness (QED) is 0.459. The number of guanidine groups is 1. The molecule has 0 aromatic heterocycles. The predicted octanol–water partition coefficient (Wildman–Crippen LogP) is 1.77. The van der Waals surface area contributed by atoms with Gasteiger partial charge >= 0.3 is 0 Å². The van der Waals surface area contributed by atoms with Gasteiger partial charge in [-0.2, -0.15) is 0 Å². The lowest BCUT2D eigenvalue weighted by Crippen LogP contribution is -2.52. The van der Waals surface area contributed by atoms with Gasteiger partial charge in [-0.25, -0.2) is 4.39 Å². The number of hydrogen-bond acceptors (Lipinski definition) is 2. The zero-order valence-electron chi connectivity index (χ0n) is 11.3. The zero-order chi connectivity index (χ0) is 13.0. The maximum absolute atomic E-state index is 13.7. The van der Waals surface area contributed by atoms with Crippen LogP contribution in [0.15, 0.2) is 29.3 Å². The molecule has 19 heavy (non-hydrogen) atoms. The van der Waals surface area contributed by atoms with E-state index in [0.717, 1.165) is 32.1 Å². The van der Waals surface area contributed by atoms with E-state index in [4.69, 9.17) is 0 Å². The third-order valence-electron chi connectivity index (χ3n) is 3.21. The first-order valence-corrected chi connectivity index (χ1v) is 6.15. The van der Waals surface area contributed by atoms with Crippen molar-refractivity contribution in [1.82, 2.24) is 10.2 Å². The SMILES string of the molecule is CN=C(NC)N1CCN(c2ccccc2F)CC1.I. The van der Waals surface area contributed by atoms with E-state index in [1.165, 1.54) is 6.07 Å². The minimum atomic E-state index is -0.149. The molecule has 1 aliphatic heterocycles. The first-order chi connectivity index (χ1) is 8.76. The van der Waals surface area contributed by atoms with Crippen molar-refractivity contribution < 1.29 is 4.39 Å². The first-order valence-electron chi connectivity index (χ1n) is 6.15. The summed E-state index contributed by atoms with van der Waals surface area (Å²) in [6.07, 6.45) is 0. The summed E-state index contributed by atoms with van der Waals surface area (Å²) < 4.78 is 13.7. The van der Waals surface area contributed by atoms with Crippen LogP contribution in [0.4, 0.5) is 10.1 Å². The summed E-state index contributed by atoms with van der Waals surface area (Å²) in [6, 6.07) is 6.93. The highest BCUT2D eigenvalue weighted by Gasteiger charge is 2.20. The van der Waals surface area contributed by atoms with Gasteiger partial charge in [-0.1, -0.05) is 12.1 Å². The fourth-order valence-corrected chi connectivity index (χ4v) is 2.28. The van der Waals surface area contributed by atoms with Crippen molar-refractivity contribution in [3.8, 4) is 0 Å². The highest BCUT2D eigenvalue weighted by Crippen LogP contribution is 2.19. The number of anilines is 1. The van der Waals surface area contributed by atoms with Crippen LogP contribution in [-0.4, -0.2) is 51.1 Å². The summed E-state index contributed by atoms with van der Waals surface area (Å²) in [5, 5.41) is 3.07. The predicted molar refractivity (Wildman–Crippen MR) is 88.0 cm³/mol. The fourth-order valence-electron chi connectivity index (χ4n) is 2.28. The van der Waals surface area contributed by atoms with E-state index >= 15 is 0 Å². The minimum Gasteiger partial charge on any atom is -0.366 e. The van der Waals surface area contributed by atoms with Gasteiger partial charge in [0.15, 0.2) is 5.96 Å². The summed E-state index contributed by atoms with van der Waals surface area (Å²) in [7, 11) is 3.64. The maximum atomic E-state index is 13.7. The van der Waals surface area contributed by atoms with Crippen molar-refractivity contribution in [2.24, 2.45) is 4.99 Å². The Balaban J connectivity index is 0.00000180. The van der Waals surface area contributed by atoms with Crippen LogP contribution in [0.1, 0.15) is 0 Å². The molecule has 2 rings (SSSR count). The Morgan fingerprint density at radius 2 is 1.84 bits per heavy atom. The fraction of sp³-hybridized carbons (Fsp3) is 0.462. The van der Waals surface area contributed by atoms with Gasteiger partial charge in [-0.3, -0.25) is 4.99 Å². The second-order valence-corrected chi connectivity index (χ2v) is 4.22. The molecule has 0 atom stereocenters. The van der Waals surface area contributed by atoms with Crippen LogP contribution in [0.3, 0.4) is 0 Å². The number of benzene rings is 1. The van der Waals surface area contributed by atoms with Crippen molar-refractivity contribution >= 4 is 35.6 Å². The zero-order valence-corrected chi connectivity index (χ0v) is 13.6. The standard InChI is InChI=1S/C13H19FN4.HI/c1-15-13(16-2)18-9-7-17(8-10-18)12-6-4-3-5-11(12)14;/h3-6H,7-10H2,1-2H3,(H,15,16);1H. The molecule has 1 aromatic carbocycles. The number of rotatable bonds is 1. The molecule has 0 spiro atoms. The molecule has 0 unspecified atom stereocenters. The molecule has 106 valence electrons. The van der Waals surface area contributed by atoms with E-state index in [1.54, 1.807) is 13.1 Å². The molecule has 1 heterocycles. The number of para-hydroxylation sites is 1. The molecular formula is C13H20FIN4. The van der Waals surface area contributed by atoms with E-state index < -0.39 is 0 Å². The van der Waals surface area contributed by atoms with Gasteiger partial charge in [-0.15, -0.1) is 24.0 Å². The van der Waals surface area contributed by atoms with Crippen molar-refractivity contribution in [3.63, 3.8) is 0 Å². The number of hydrogen-bond donors (Lipinski definition) is 1. The summed E-state index contributed by atoms with van der Waals surface area (Å²) in [5.41, 5.74) is 0.691. The Bertz CT molecular complexity index is 430. The topological polar surface area (TPSA) is 30.9 Å². The van der Waals surface area contributed by atoms with Crippen LogP contribution in [0.25, 0.3) is 0 Å². The Labute approximate surface area is 130 Å². The van der Waals surface area contributed by atoms with Crippen LogP contribution >= 0.6 is 24.0 Å². The number of aliphatic imine (C=N–C) groups is 1. The molecule has 0 aliphatic carbocycles. The maximum Gasteiger partial charge on any atom is 0.193 e. The average Bonchev–Trinajstić information content (AvgIpc) is 2.42. The molecule has 1 N–H and O–H groups in total. The molecule has 0 bridgehead atoms. The van der Waals surface area contributed by atoms with Gasteiger partial charge in [0.05, 0.1) is 5.69 Å². The lowest BCUT2D eigenvalue weighted by atomic mass is 10.2. The molecule has 6 heteroatoms. The number of piperazine rings is 1. The second-order valence-electron chi connectivity index (χ2n) is 4.22. The lowest BCUT2D eigenvalue weighted by molar-refractivity contribution is 0.373. The van der Waals surface area contributed by atoms with Crippen LogP contribution in [-0.2, 0) is 0 Å². The van der Waals surface area contributed by atoms with Gasteiger partial charge in [0.25, 0.3) is 0 Å². The van der Waals surface area contributed by atoms with E-state index in [2.05, 4.69) is 20.1 Å². The smallest absolute Gasteiger partial charge is 0.193 e. The summed E-state index contributed by atoms with van der Waals surface area (Å²) in [6.45, 7) is 3.31. The first kappa shape index (κ1) is 16.0. The summed E-state index contributed by atoms with van der Waals surface area (Å²) >= 11 is 0. The lowest BCUT2D eigenvalue weighted by Gasteiger charge is -2.37. The number of nitrogens with one attached hydrogen (secondary N) is 1. The molecule has 0 radical (unpaired) electrons. The van der Waals surface area contributed by atoms with E-state index in [-0.39, 0.29) is 29.8 Å². The van der Waals surface area contributed by atoms with Crippen LogP contribution in [0.2, 0.25) is 0 Å². The van der Waals surface area contributed by atoms with Crippen LogP contribution in [0, 0.1) is 5.82 Å². The minimum absolute atomic E-state index is 0. The summed E-state index contributed by atoms with van der Waals surface area (Å²) in [5.74, 6) is 0.743. The van der Waals surface area contributed by atoms with Gasteiger partial charge in [0, 0.05) is 40.3 Å². The molecule has 1 aliphatic rings. The molecule has 1 fully saturated rings. The second kappa shape index (κ2) is 7.52. The van der Waals surface area contributed by atoms with Crippen LogP contribution in [0.5, 0.6) is 0 Å². The van der Waals surface area contributed by atoms with Crippen molar-refractivity contribution in [1.29, 1.82) is 0 Å². The molecule has 1 aromatic rings. The normalized spacial score (nSPS) is 16.1. The molecule has 0 amide bonds. The average molecular weight is 378 g/mol. The van der Waals surface area contributed by atoms with Gasteiger partial charge in [0.1, 0.15) is 5.82 Å². The number of nitrogens with zero attached hydrogens (tertiary/aromatic N) is 3. The van der Waals surface area contributed by atoms with E-state index in [1.807, 2.05) is 19.2 Å². The van der Waals surface area contributed by atoms with E-state index in [0.29, 0.717) is 5.69 Å². The third-order valence-corrected chi connectivity index (χ3v) is 3.21. The number of halogens is 2. The Morgan fingerprint density at radius 3 is 2.37 bits per heavy atom. The van der Waals surface area contributed by atoms with Gasteiger partial charge in [-0.05, 0) is 12.1 Å². The Hall–Kier alpha value is -1.05. The highest BCUT2D eigenvalue weighted by atomic mass is 127. The molecule has 1 saturated heterocycles. The Morgan fingerprint density at radius 1 is 1.21 bits per heavy atom.